The van der Waals surface area contributed by atoms with Gasteiger partial charge in [-0.05, 0) is 32.9 Å². The van der Waals surface area contributed by atoms with E-state index < -0.39 is 29.6 Å². The van der Waals surface area contributed by atoms with Gasteiger partial charge in [-0.2, -0.15) is 0 Å². The number of carboxylic acid groups (broad SMARTS) is 1. The molecule has 3 N–H and O–H groups in total. The van der Waals surface area contributed by atoms with Gasteiger partial charge >= 0.3 is 12.1 Å². The van der Waals surface area contributed by atoms with Gasteiger partial charge < -0.3 is 20.5 Å². The van der Waals surface area contributed by atoms with Crippen molar-refractivity contribution < 1.29 is 24.2 Å². The quantitative estimate of drug-likeness (QED) is 0.709. The molecule has 0 aromatic rings. The second kappa shape index (κ2) is 8.71. The standard InChI is InChI=1S/C17H22N2O5/c1-17(2,3)24-16(23)19-13(15(21)22)11-18-14(20)12-9-7-5-4-6-8-10-12/h4-10,13H,11H2,1-3H3,(H,18,20)(H,19,23)(H,21,22)/b5-4-,6-4?,7-5?,8-6-,9-7?,10-8?,12-9?,12-10?/t13-/m1/s1. The highest BCUT2D eigenvalue weighted by atomic mass is 16.6. The van der Waals surface area contributed by atoms with Gasteiger partial charge in [0.2, 0.25) is 0 Å². The van der Waals surface area contributed by atoms with Gasteiger partial charge in [0.25, 0.3) is 5.91 Å². The van der Waals surface area contributed by atoms with Gasteiger partial charge in [0, 0.05) is 12.1 Å². The molecule has 0 radical (unpaired) electrons. The van der Waals surface area contributed by atoms with Crippen molar-refractivity contribution in [2.45, 2.75) is 32.4 Å². The molecule has 0 heterocycles. The first-order chi connectivity index (χ1) is 11.2. The number of hydrogen-bond acceptors (Lipinski definition) is 4. The number of carbonyl (C=O) groups is 3. The lowest BCUT2D eigenvalue weighted by molar-refractivity contribution is -0.139. The molecule has 1 aliphatic carbocycles. The predicted octanol–water partition coefficient (Wildman–Crippen LogP) is 1.69. The van der Waals surface area contributed by atoms with Crippen LogP contribution in [-0.2, 0) is 14.3 Å². The van der Waals surface area contributed by atoms with E-state index in [-0.39, 0.29) is 6.54 Å². The number of carboxylic acids is 1. The summed E-state index contributed by atoms with van der Waals surface area (Å²) in [6.45, 7) is 4.73. The lowest BCUT2D eigenvalue weighted by Crippen LogP contribution is -2.49. The van der Waals surface area contributed by atoms with Crippen molar-refractivity contribution in [2.75, 3.05) is 6.54 Å². The van der Waals surface area contributed by atoms with Crippen molar-refractivity contribution >= 4 is 18.0 Å². The Morgan fingerprint density at radius 2 is 1.75 bits per heavy atom. The van der Waals surface area contributed by atoms with Crippen molar-refractivity contribution in [2.24, 2.45) is 0 Å². The minimum Gasteiger partial charge on any atom is -0.480 e. The number of rotatable bonds is 5. The molecular formula is C17H22N2O5. The third-order valence-corrected chi connectivity index (χ3v) is 2.71. The molecule has 2 amide bonds. The summed E-state index contributed by atoms with van der Waals surface area (Å²) in [5, 5.41) is 13.9. The van der Waals surface area contributed by atoms with E-state index in [0.29, 0.717) is 5.57 Å². The zero-order valence-electron chi connectivity index (χ0n) is 13.9. The molecule has 0 spiro atoms. The number of hydrogen-bond donors (Lipinski definition) is 3. The Bertz CT molecular complexity index is 609. The van der Waals surface area contributed by atoms with Crippen LogP contribution >= 0.6 is 0 Å². The average Bonchev–Trinajstić information content (AvgIpc) is 2.40. The van der Waals surface area contributed by atoms with E-state index in [9.17, 15) is 14.4 Å². The Morgan fingerprint density at radius 3 is 2.38 bits per heavy atom. The van der Waals surface area contributed by atoms with E-state index in [1.165, 1.54) is 0 Å². The van der Waals surface area contributed by atoms with Gasteiger partial charge in [-0.15, -0.1) is 0 Å². The molecule has 7 nitrogen and oxygen atoms in total. The number of aliphatic carboxylic acids is 1. The first-order valence-corrected chi connectivity index (χ1v) is 7.41. The number of allylic oxidation sites excluding steroid dienone is 6. The van der Waals surface area contributed by atoms with E-state index in [0.717, 1.165) is 0 Å². The Morgan fingerprint density at radius 1 is 1.12 bits per heavy atom. The number of carbonyl (C=O) groups excluding carboxylic acids is 2. The molecule has 0 aromatic heterocycles. The Labute approximate surface area is 140 Å². The van der Waals surface area contributed by atoms with Gasteiger partial charge in [-0.3, -0.25) is 4.79 Å². The van der Waals surface area contributed by atoms with Crippen molar-refractivity contribution in [3.63, 3.8) is 0 Å². The third kappa shape index (κ3) is 7.44. The molecule has 0 saturated carbocycles. The molecule has 0 saturated heterocycles. The minimum atomic E-state index is -1.29. The van der Waals surface area contributed by atoms with Gasteiger partial charge in [0.05, 0.1) is 0 Å². The van der Waals surface area contributed by atoms with E-state index in [1.807, 2.05) is 6.08 Å². The normalized spacial score (nSPS) is 17.5. The summed E-state index contributed by atoms with van der Waals surface area (Å²) in [6, 6.07) is -1.29. The van der Waals surface area contributed by atoms with Crippen molar-refractivity contribution in [1.29, 1.82) is 0 Å². The summed E-state index contributed by atoms with van der Waals surface area (Å²) in [5.41, 5.74) is -0.373. The molecule has 0 aromatic carbocycles. The first kappa shape index (κ1) is 19.2. The Hall–Kier alpha value is -2.83. The summed E-state index contributed by atoms with van der Waals surface area (Å²) in [4.78, 5) is 35.0. The summed E-state index contributed by atoms with van der Waals surface area (Å²) in [7, 11) is 0. The molecule has 0 unspecified atom stereocenters. The van der Waals surface area contributed by atoms with Crippen molar-refractivity contribution in [1.82, 2.24) is 10.6 Å². The van der Waals surface area contributed by atoms with Crippen LogP contribution in [0, 0.1) is 0 Å². The summed E-state index contributed by atoms with van der Waals surface area (Å²) in [6.07, 6.45) is 11.1. The Balaban J connectivity index is 2.61. The maximum absolute atomic E-state index is 12.1. The van der Waals surface area contributed by atoms with Gasteiger partial charge in [-0.1, -0.05) is 30.4 Å². The molecule has 0 aliphatic heterocycles. The van der Waals surface area contributed by atoms with Gasteiger partial charge in [0.15, 0.2) is 0 Å². The lowest BCUT2D eigenvalue weighted by Gasteiger charge is -2.22. The number of alkyl carbamates (subject to hydrolysis) is 1. The van der Waals surface area contributed by atoms with Crippen LogP contribution in [0.3, 0.4) is 0 Å². The van der Waals surface area contributed by atoms with Crippen molar-refractivity contribution in [3.8, 4) is 0 Å². The molecule has 7 heteroatoms. The molecule has 1 aliphatic rings. The zero-order chi connectivity index (χ0) is 18.2. The molecular weight excluding hydrogens is 312 g/mol. The van der Waals surface area contributed by atoms with Crippen LogP contribution in [-0.4, -0.2) is 41.3 Å². The van der Waals surface area contributed by atoms with E-state index in [1.54, 1.807) is 57.2 Å². The van der Waals surface area contributed by atoms with Gasteiger partial charge in [-0.25, -0.2) is 9.59 Å². The summed E-state index contributed by atoms with van der Waals surface area (Å²) < 4.78 is 5.01. The number of nitrogens with one attached hydrogen (secondary N) is 2. The largest absolute Gasteiger partial charge is 0.480 e. The highest BCUT2D eigenvalue weighted by Crippen LogP contribution is 2.07. The first-order valence-electron chi connectivity index (χ1n) is 7.41. The highest BCUT2D eigenvalue weighted by molar-refractivity contribution is 5.97. The molecule has 0 fully saturated rings. The summed E-state index contributed by atoms with van der Waals surface area (Å²) in [5.74, 6) is -1.71. The molecule has 24 heavy (non-hydrogen) atoms. The van der Waals surface area contributed by atoms with Crippen LogP contribution < -0.4 is 10.6 Å². The fraction of sp³-hybridized carbons (Fsp3) is 0.353. The predicted molar refractivity (Wildman–Crippen MR) is 89.3 cm³/mol. The van der Waals surface area contributed by atoms with Crippen LogP contribution in [0.5, 0.6) is 0 Å². The van der Waals surface area contributed by atoms with Gasteiger partial charge in [0.1, 0.15) is 11.6 Å². The molecule has 1 atom stereocenters. The minimum absolute atomic E-state index is 0.266. The second-order valence-corrected chi connectivity index (χ2v) is 6.00. The van der Waals surface area contributed by atoms with Crippen molar-refractivity contribution in [3.05, 3.63) is 48.1 Å². The fourth-order valence-electron chi connectivity index (χ4n) is 1.66. The molecule has 0 bridgehead atoms. The fourth-order valence-corrected chi connectivity index (χ4v) is 1.66. The Kier molecular flexibility index (Phi) is 6.98. The summed E-state index contributed by atoms with van der Waals surface area (Å²) >= 11 is 0. The highest BCUT2D eigenvalue weighted by Gasteiger charge is 2.24. The van der Waals surface area contributed by atoms with E-state index in [2.05, 4.69) is 10.6 Å². The lowest BCUT2D eigenvalue weighted by atomic mass is 10.1. The average molecular weight is 334 g/mol. The molecule has 130 valence electrons. The maximum Gasteiger partial charge on any atom is 0.408 e. The number of amides is 2. The number of ether oxygens (including phenoxy) is 1. The SMILES string of the molecule is CC(C)(C)OC(=O)N[C@H](CNC(=O)C1=C/C=C\C=C/C=C1)C(=O)O. The third-order valence-electron chi connectivity index (χ3n) is 2.71. The van der Waals surface area contributed by atoms with E-state index in [4.69, 9.17) is 9.84 Å². The smallest absolute Gasteiger partial charge is 0.408 e. The molecule has 1 rings (SSSR count). The monoisotopic (exact) mass is 334 g/mol. The van der Waals surface area contributed by atoms with Crippen LogP contribution in [0.15, 0.2) is 48.1 Å². The van der Waals surface area contributed by atoms with Crippen LogP contribution in [0.1, 0.15) is 20.8 Å². The second-order valence-electron chi connectivity index (χ2n) is 6.00. The van der Waals surface area contributed by atoms with Crippen LogP contribution in [0.25, 0.3) is 0 Å². The van der Waals surface area contributed by atoms with Crippen LogP contribution in [0.2, 0.25) is 0 Å². The zero-order valence-corrected chi connectivity index (χ0v) is 13.9. The van der Waals surface area contributed by atoms with E-state index >= 15 is 0 Å². The topological polar surface area (TPSA) is 105 Å². The van der Waals surface area contributed by atoms with Crippen LogP contribution in [0.4, 0.5) is 4.79 Å². The maximum atomic E-state index is 12.1.